The number of methoxy groups -OCH3 is 4. The highest BCUT2D eigenvalue weighted by Crippen LogP contribution is 2.34. The van der Waals surface area contributed by atoms with Crippen molar-refractivity contribution < 1.29 is 18.9 Å². The molecule has 25 heavy (non-hydrogen) atoms. The van der Waals surface area contributed by atoms with Gasteiger partial charge in [0.05, 0.1) is 28.4 Å². The largest absolute Gasteiger partial charge is 0.493 e. The highest BCUT2D eigenvalue weighted by atomic mass is 16.5. The number of hydrogen-bond donors (Lipinski definition) is 0. The molecule has 0 radical (unpaired) electrons. The second kappa shape index (κ2) is 9.02. The van der Waals surface area contributed by atoms with Crippen molar-refractivity contribution in [3.05, 3.63) is 47.5 Å². The van der Waals surface area contributed by atoms with Crippen LogP contribution < -0.4 is 18.9 Å². The average molecular weight is 342 g/mol. The fraction of sp³-hybridized carbons (Fsp3) is 0.333. The van der Waals surface area contributed by atoms with E-state index >= 15 is 0 Å². The first-order valence-corrected chi connectivity index (χ1v) is 8.31. The molecule has 134 valence electrons. The Kier molecular flexibility index (Phi) is 6.75. The highest BCUT2D eigenvalue weighted by molar-refractivity contribution is 5.82. The molecule has 0 aliphatic carbocycles. The van der Waals surface area contributed by atoms with E-state index in [1.165, 1.54) is 5.57 Å². The molecular weight excluding hydrogens is 316 g/mol. The Morgan fingerprint density at radius 3 is 1.88 bits per heavy atom. The maximum absolute atomic E-state index is 5.43. The van der Waals surface area contributed by atoms with Crippen molar-refractivity contribution in [2.45, 2.75) is 19.8 Å². The lowest BCUT2D eigenvalue weighted by atomic mass is 9.98. The number of allylic oxidation sites excluding steroid dienone is 1. The number of rotatable bonds is 8. The van der Waals surface area contributed by atoms with E-state index in [9.17, 15) is 0 Å². The minimum atomic E-state index is 0.722. The topological polar surface area (TPSA) is 36.9 Å². The van der Waals surface area contributed by atoms with E-state index in [2.05, 4.69) is 19.1 Å². The molecule has 0 bridgehead atoms. The molecule has 0 spiro atoms. The van der Waals surface area contributed by atoms with Crippen LogP contribution in [0.5, 0.6) is 23.0 Å². The van der Waals surface area contributed by atoms with Gasteiger partial charge in [-0.2, -0.15) is 0 Å². The molecule has 0 atom stereocenters. The van der Waals surface area contributed by atoms with Gasteiger partial charge in [-0.25, -0.2) is 0 Å². The van der Waals surface area contributed by atoms with Crippen LogP contribution in [0.4, 0.5) is 0 Å². The van der Waals surface area contributed by atoms with Crippen LogP contribution in [-0.4, -0.2) is 28.4 Å². The normalized spacial score (nSPS) is 11.2. The summed E-state index contributed by atoms with van der Waals surface area (Å²) in [6, 6.07) is 11.9. The van der Waals surface area contributed by atoms with Crippen molar-refractivity contribution in [1.29, 1.82) is 0 Å². The van der Waals surface area contributed by atoms with E-state index in [1.54, 1.807) is 28.4 Å². The van der Waals surface area contributed by atoms with Gasteiger partial charge in [-0.1, -0.05) is 31.6 Å². The molecule has 0 saturated carbocycles. The van der Waals surface area contributed by atoms with Gasteiger partial charge in [-0.15, -0.1) is 0 Å². The molecule has 0 unspecified atom stereocenters. The minimum Gasteiger partial charge on any atom is -0.493 e. The fourth-order valence-electron chi connectivity index (χ4n) is 2.75. The molecule has 4 heteroatoms. The van der Waals surface area contributed by atoms with Crippen molar-refractivity contribution in [2.24, 2.45) is 0 Å². The van der Waals surface area contributed by atoms with Gasteiger partial charge >= 0.3 is 0 Å². The molecule has 4 nitrogen and oxygen atoms in total. The van der Waals surface area contributed by atoms with Crippen LogP contribution in [0.15, 0.2) is 36.4 Å². The smallest absolute Gasteiger partial charge is 0.161 e. The molecule has 0 N–H and O–H groups in total. The van der Waals surface area contributed by atoms with Crippen LogP contribution >= 0.6 is 0 Å². The summed E-state index contributed by atoms with van der Waals surface area (Å²) < 4.78 is 21.5. The van der Waals surface area contributed by atoms with Gasteiger partial charge in [0.2, 0.25) is 0 Å². The van der Waals surface area contributed by atoms with Crippen molar-refractivity contribution in [3.8, 4) is 23.0 Å². The Morgan fingerprint density at radius 2 is 1.32 bits per heavy atom. The first kappa shape index (κ1) is 18.7. The zero-order valence-electron chi connectivity index (χ0n) is 15.6. The van der Waals surface area contributed by atoms with Gasteiger partial charge in [-0.05, 0) is 47.4 Å². The summed E-state index contributed by atoms with van der Waals surface area (Å²) in [5.74, 6) is 2.91. The Bertz CT molecular complexity index is 735. The average Bonchev–Trinajstić information content (AvgIpc) is 2.66. The Morgan fingerprint density at radius 1 is 0.760 bits per heavy atom. The summed E-state index contributed by atoms with van der Waals surface area (Å²) in [5, 5.41) is 0. The zero-order chi connectivity index (χ0) is 18.2. The van der Waals surface area contributed by atoms with Crippen LogP contribution in [0.3, 0.4) is 0 Å². The quantitative estimate of drug-likeness (QED) is 0.628. The summed E-state index contributed by atoms with van der Waals surface area (Å²) in [6.07, 6.45) is 4.18. The lowest BCUT2D eigenvalue weighted by molar-refractivity contribution is 0.355. The third kappa shape index (κ3) is 4.47. The third-order valence-electron chi connectivity index (χ3n) is 4.02. The lowest BCUT2D eigenvalue weighted by Gasteiger charge is -2.13. The van der Waals surface area contributed by atoms with Crippen molar-refractivity contribution >= 4 is 11.6 Å². The van der Waals surface area contributed by atoms with Gasteiger partial charge < -0.3 is 18.9 Å². The molecular formula is C21H26O4. The third-order valence-corrected chi connectivity index (χ3v) is 4.02. The maximum atomic E-state index is 5.43. The maximum Gasteiger partial charge on any atom is 0.161 e. The van der Waals surface area contributed by atoms with Crippen LogP contribution in [0.1, 0.15) is 30.9 Å². The standard InChI is InChI=1S/C21H26O4/c1-6-7-16(17-9-11-19(23-3)21(14-17)25-5)12-15-8-10-18(22-2)20(13-15)24-4/h8-14H,6-7H2,1-5H3/b16-12+. The second-order valence-corrected chi connectivity index (χ2v) is 5.60. The van der Waals surface area contributed by atoms with E-state index in [4.69, 9.17) is 18.9 Å². The molecule has 2 aromatic carbocycles. The lowest BCUT2D eigenvalue weighted by Crippen LogP contribution is -1.93. The second-order valence-electron chi connectivity index (χ2n) is 5.60. The summed E-state index contributed by atoms with van der Waals surface area (Å²) in [6.45, 7) is 2.17. The SMILES string of the molecule is CCC/C(=C\c1ccc(OC)c(OC)c1)c1ccc(OC)c(OC)c1. The van der Waals surface area contributed by atoms with E-state index in [0.29, 0.717) is 0 Å². The van der Waals surface area contributed by atoms with Gasteiger partial charge in [0, 0.05) is 0 Å². The van der Waals surface area contributed by atoms with Crippen LogP contribution in [0.25, 0.3) is 11.6 Å². The monoisotopic (exact) mass is 342 g/mol. The molecule has 0 aromatic heterocycles. The predicted octanol–water partition coefficient (Wildman–Crippen LogP) is 5.06. The Balaban J connectivity index is 2.45. The van der Waals surface area contributed by atoms with Crippen LogP contribution in [0, 0.1) is 0 Å². The summed E-state index contributed by atoms with van der Waals surface area (Å²) in [7, 11) is 6.58. The number of hydrogen-bond acceptors (Lipinski definition) is 4. The Hall–Kier alpha value is -2.62. The molecule has 0 aliphatic heterocycles. The highest BCUT2D eigenvalue weighted by Gasteiger charge is 2.09. The van der Waals surface area contributed by atoms with E-state index in [1.807, 2.05) is 30.3 Å². The Labute approximate surface area is 150 Å². The van der Waals surface area contributed by atoms with E-state index in [-0.39, 0.29) is 0 Å². The predicted molar refractivity (Wildman–Crippen MR) is 102 cm³/mol. The molecule has 0 saturated heterocycles. The molecule has 0 heterocycles. The summed E-state index contributed by atoms with van der Waals surface area (Å²) in [5.41, 5.74) is 3.42. The van der Waals surface area contributed by atoms with Crippen LogP contribution in [-0.2, 0) is 0 Å². The molecule has 2 aromatic rings. The first-order valence-electron chi connectivity index (χ1n) is 8.31. The van der Waals surface area contributed by atoms with Crippen molar-refractivity contribution in [2.75, 3.05) is 28.4 Å². The molecule has 2 rings (SSSR count). The number of benzene rings is 2. The van der Waals surface area contributed by atoms with E-state index < -0.39 is 0 Å². The van der Waals surface area contributed by atoms with Crippen molar-refractivity contribution in [1.82, 2.24) is 0 Å². The van der Waals surface area contributed by atoms with Crippen molar-refractivity contribution in [3.63, 3.8) is 0 Å². The fourth-order valence-corrected chi connectivity index (χ4v) is 2.75. The van der Waals surface area contributed by atoms with E-state index in [0.717, 1.165) is 47.0 Å². The molecule has 0 aliphatic rings. The number of ether oxygens (including phenoxy) is 4. The summed E-state index contributed by atoms with van der Waals surface area (Å²) in [4.78, 5) is 0. The summed E-state index contributed by atoms with van der Waals surface area (Å²) >= 11 is 0. The van der Waals surface area contributed by atoms with Gasteiger partial charge in [-0.3, -0.25) is 0 Å². The first-order chi connectivity index (χ1) is 12.2. The molecule has 0 fully saturated rings. The minimum absolute atomic E-state index is 0.722. The van der Waals surface area contributed by atoms with Gasteiger partial charge in [0.25, 0.3) is 0 Å². The zero-order valence-corrected chi connectivity index (χ0v) is 15.6. The van der Waals surface area contributed by atoms with Gasteiger partial charge in [0.15, 0.2) is 23.0 Å². The van der Waals surface area contributed by atoms with Crippen LogP contribution in [0.2, 0.25) is 0 Å². The van der Waals surface area contributed by atoms with Gasteiger partial charge in [0.1, 0.15) is 0 Å². The molecule has 0 amide bonds.